The smallest absolute Gasteiger partial charge is 0.119 e. The quantitative estimate of drug-likeness (QED) is 0.821. The fraction of sp³-hybridized carbons (Fsp3) is 0.250. The minimum Gasteiger partial charge on any atom is -0.489 e. The lowest BCUT2D eigenvalue weighted by Crippen LogP contribution is -2.22. The van der Waals surface area contributed by atoms with Crippen LogP contribution in [0.1, 0.15) is 12.5 Å². The van der Waals surface area contributed by atoms with Gasteiger partial charge in [-0.25, -0.2) is 0 Å². The summed E-state index contributed by atoms with van der Waals surface area (Å²) in [5.74, 6) is 0.812. The van der Waals surface area contributed by atoms with Gasteiger partial charge in [-0.05, 0) is 55.8 Å². The first-order valence-corrected chi connectivity index (χ1v) is 7.22. The Labute approximate surface area is 129 Å². The molecular formula is C16H17Cl2NO. The molecule has 0 saturated heterocycles. The standard InChI is InChI=1S/C16H17Cl2NO/c1-11-3-4-14(18)9-16(11)19-10-12(2)20-15-7-5-13(17)6-8-15/h3-9,12,19H,10H2,1-2H3. The zero-order chi connectivity index (χ0) is 14.5. The summed E-state index contributed by atoms with van der Waals surface area (Å²) in [4.78, 5) is 0. The van der Waals surface area contributed by atoms with Crippen molar-refractivity contribution in [3.05, 3.63) is 58.1 Å². The normalized spacial score (nSPS) is 12.0. The monoisotopic (exact) mass is 309 g/mol. The third kappa shape index (κ3) is 4.32. The molecule has 0 aliphatic rings. The molecule has 0 radical (unpaired) electrons. The number of rotatable bonds is 5. The van der Waals surface area contributed by atoms with Crippen LogP contribution in [0.25, 0.3) is 0 Å². The molecule has 0 bridgehead atoms. The second-order valence-corrected chi connectivity index (χ2v) is 5.60. The Kier molecular flexibility index (Phi) is 5.16. The third-order valence-corrected chi connectivity index (χ3v) is 3.42. The van der Waals surface area contributed by atoms with Gasteiger partial charge in [0.2, 0.25) is 0 Å². The van der Waals surface area contributed by atoms with E-state index in [2.05, 4.69) is 5.32 Å². The number of ether oxygens (including phenoxy) is 1. The van der Waals surface area contributed by atoms with Gasteiger partial charge in [-0.2, -0.15) is 0 Å². The second-order valence-electron chi connectivity index (χ2n) is 4.72. The summed E-state index contributed by atoms with van der Waals surface area (Å²) >= 11 is 11.8. The first-order chi connectivity index (χ1) is 9.54. The van der Waals surface area contributed by atoms with E-state index in [1.54, 1.807) is 0 Å². The largest absolute Gasteiger partial charge is 0.489 e. The van der Waals surface area contributed by atoms with Gasteiger partial charge in [-0.3, -0.25) is 0 Å². The zero-order valence-corrected chi connectivity index (χ0v) is 13.0. The molecule has 2 aromatic carbocycles. The molecule has 0 saturated carbocycles. The molecule has 4 heteroatoms. The second kappa shape index (κ2) is 6.87. The minimum absolute atomic E-state index is 0.0366. The van der Waals surface area contributed by atoms with Gasteiger partial charge >= 0.3 is 0 Å². The van der Waals surface area contributed by atoms with Gasteiger partial charge in [-0.15, -0.1) is 0 Å². The summed E-state index contributed by atoms with van der Waals surface area (Å²) in [7, 11) is 0. The summed E-state index contributed by atoms with van der Waals surface area (Å²) in [6.07, 6.45) is 0.0366. The van der Waals surface area contributed by atoms with E-state index in [4.69, 9.17) is 27.9 Å². The Bertz CT molecular complexity index is 569. The van der Waals surface area contributed by atoms with Crippen molar-refractivity contribution in [3.63, 3.8) is 0 Å². The fourth-order valence-electron chi connectivity index (χ4n) is 1.83. The van der Waals surface area contributed by atoms with Crippen LogP contribution in [0.5, 0.6) is 5.75 Å². The van der Waals surface area contributed by atoms with Gasteiger partial charge in [0, 0.05) is 15.7 Å². The number of nitrogens with one attached hydrogen (secondary N) is 1. The van der Waals surface area contributed by atoms with Crippen LogP contribution in [0.4, 0.5) is 5.69 Å². The van der Waals surface area contributed by atoms with E-state index < -0.39 is 0 Å². The van der Waals surface area contributed by atoms with Gasteiger partial charge in [0.15, 0.2) is 0 Å². The van der Waals surface area contributed by atoms with Gasteiger partial charge in [0.25, 0.3) is 0 Å². The first kappa shape index (κ1) is 15.0. The number of hydrogen-bond acceptors (Lipinski definition) is 2. The summed E-state index contributed by atoms with van der Waals surface area (Å²) < 4.78 is 5.81. The highest BCUT2D eigenvalue weighted by Crippen LogP contribution is 2.21. The molecule has 2 rings (SSSR count). The van der Waals surface area contributed by atoms with Crippen LogP contribution in [0.15, 0.2) is 42.5 Å². The fourth-order valence-corrected chi connectivity index (χ4v) is 2.12. The summed E-state index contributed by atoms with van der Waals surface area (Å²) in [6, 6.07) is 13.2. The number of hydrogen-bond donors (Lipinski definition) is 1. The molecule has 0 aromatic heterocycles. The van der Waals surface area contributed by atoms with E-state index in [-0.39, 0.29) is 6.10 Å². The maximum absolute atomic E-state index is 5.99. The van der Waals surface area contributed by atoms with Crippen molar-refractivity contribution in [2.45, 2.75) is 20.0 Å². The Morgan fingerprint density at radius 2 is 1.70 bits per heavy atom. The van der Waals surface area contributed by atoms with Crippen LogP contribution in [-0.4, -0.2) is 12.6 Å². The molecule has 106 valence electrons. The Hall–Kier alpha value is -1.38. The van der Waals surface area contributed by atoms with Gasteiger partial charge in [-0.1, -0.05) is 29.3 Å². The molecule has 1 unspecified atom stereocenters. The zero-order valence-electron chi connectivity index (χ0n) is 11.5. The third-order valence-electron chi connectivity index (χ3n) is 2.93. The van der Waals surface area contributed by atoms with E-state index in [1.807, 2.05) is 56.3 Å². The Balaban J connectivity index is 1.90. The summed E-state index contributed by atoms with van der Waals surface area (Å²) in [5, 5.41) is 4.78. The van der Waals surface area contributed by atoms with Crippen molar-refractivity contribution in [2.24, 2.45) is 0 Å². The number of benzene rings is 2. The molecule has 0 amide bonds. The molecule has 1 atom stereocenters. The van der Waals surface area contributed by atoms with Crippen LogP contribution >= 0.6 is 23.2 Å². The van der Waals surface area contributed by atoms with Crippen LogP contribution < -0.4 is 10.1 Å². The number of halogens is 2. The highest BCUT2D eigenvalue weighted by Gasteiger charge is 2.05. The molecule has 0 heterocycles. The molecule has 0 spiro atoms. The summed E-state index contributed by atoms with van der Waals surface area (Å²) in [5.41, 5.74) is 2.19. The Morgan fingerprint density at radius 1 is 1.05 bits per heavy atom. The van der Waals surface area contributed by atoms with Crippen LogP contribution in [-0.2, 0) is 0 Å². The average molecular weight is 310 g/mol. The van der Waals surface area contributed by atoms with Gasteiger partial charge in [0.05, 0.1) is 6.54 Å². The van der Waals surface area contributed by atoms with Crippen LogP contribution in [0.3, 0.4) is 0 Å². The van der Waals surface area contributed by atoms with E-state index in [0.29, 0.717) is 11.6 Å². The van der Waals surface area contributed by atoms with E-state index in [9.17, 15) is 0 Å². The van der Waals surface area contributed by atoms with Crippen LogP contribution in [0.2, 0.25) is 10.0 Å². The van der Waals surface area contributed by atoms with Crippen LogP contribution in [0, 0.1) is 6.92 Å². The molecule has 0 fully saturated rings. The average Bonchev–Trinajstić information content (AvgIpc) is 2.42. The lowest BCUT2D eigenvalue weighted by molar-refractivity contribution is 0.235. The molecule has 0 aliphatic heterocycles. The van der Waals surface area contributed by atoms with Crippen molar-refractivity contribution < 1.29 is 4.74 Å². The number of aryl methyl sites for hydroxylation is 1. The van der Waals surface area contributed by atoms with Crippen molar-refractivity contribution >= 4 is 28.9 Å². The van der Waals surface area contributed by atoms with E-state index in [0.717, 1.165) is 22.0 Å². The minimum atomic E-state index is 0.0366. The SMILES string of the molecule is Cc1ccc(Cl)cc1NCC(C)Oc1ccc(Cl)cc1. The van der Waals surface area contributed by atoms with Gasteiger partial charge < -0.3 is 10.1 Å². The predicted molar refractivity (Wildman–Crippen MR) is 86.2 cm³/mol. The van der Waals surface area contributed by atoms with Crippen molar-refractivity contribution in [1.82, 2.24) is 0 Å². The lowest BCUT2D eigenvalue weighted by atomic mass is 10.2. The molecule has 0 aliphatic carbocycles. The maximum atomic E-state index is 5.99. The molecular weight excluding hydrogens is 293 g/mol. The van der Waals surface area contributed by atoms with Crippen molar-refractivity contribution in [1.29, 1.82) is 0 Å². The van der Waals surface area contributed by atoms with Crippen molar-refractivity contribution in [3.8, 4) is 5.75 Å². The Morgan fingerprint density at radius 3 is 2.40 bits per heavy atom. The highest BCUT2D eigenvalue weighted by molar-refractivity contribution is 6.31. The summed E-state index contributed by atoms with van der Waals surface area (Å²) in [6.45, 7) is 4.76. The van der Waals surface area contributed by atoms with Gasteiger partial charge in [0.1, 0.15) is 11.9 Å². The lowest BCUT2D eigenvalue weighted by Gasteiger charge is -2.17. The molecule has 1 N–H and O–H groups in total. The van der Waals surface area contributed by atoms with Crippen molar-refractivity contribution in [2.75, 3.05) is 11.9 Å². The first-order valence-electron chi connectivity index (χ1n) is 6.47. The topological polar surface area (TPSA) is 21.3 Å². The maximum Gasteiger partial charge on any atom is 0.119 e. The highest BCUT2D eigenvalue weighted by atomic mass is 35.5. The van der Waals surface area contributed by atoms with E-state index in [1.165, 1.54) is 0 Å². The van der Waals surface area contributed by atoms with E-state index >= 15 is 0 Å². The molecule has 2 aromatic rings. The predicted octanol–water partition coefficient (Wildman–Crippen LogP) is 5.18. The number of anilines is 1. The molecule has 2 nitrogen and oxygen atoms in total. The molecule has 20 heavy (non-hydrogen) atoms.